The molecule has 0 bridgehead atoms. The summed E-state index contributed by atoms with van der Waals surface area (Å²) in [5.74, 6) is -0.283. The number of fused-ring (bicyclic) bond motifs is 2. The molecule has 2 saturated heterocycles. The van der Waals surface area contributed by atoms with E-state index in [9.17, 15) is 14.0 Å². The Labute approximate surface area is 185 Å². The number of nitrogens with one attached hydrogen (secondary N) is 1. The van der Waals surface area contributed by atoms with Crippen molar-refractivity contribution in [2.24, 2.45) is 5.92 Å². The van der Waals surface area contributed by atoms with Gasteiger partial charge in [0, 0.05) is 36.0 Å². The highest BCUT2D eigenvalue weighted by atomic mass is 19.1. The Hall–Kier alpha value is -3.06. The summed E-state index contributed by atoms with van der Waals surface area (Å²) in [6, 6.07) is 5.04. The van der Waals surface area contributed by atoms with Crippen molar-refractivity contribution in [3.63, 3.8) is 0 Å². The van der Waals surface area contributed by atoms with E-state index in [0.29, 0.717) is 48.8 Å². The molecule has 166 valence electrons. The van der Waals surface area contributed by atoms with Gasteiger partial charge in [-0.2, -0.15) is 5.10 Å². The molecule has 2 fully saturated rings. The molecule has 0 spiro atoms. The fraction of sp³-hybridized carbons (Fsp3) is 0.400. The summed E-state index contributed by atoms with van der Waals surface area (Å²) in [6.07, 6.45) is 11.0. The number of hydrogen-bond acceptors (Lipinski definition) is 4. The van der Waals surface area contributed by atoms with Crippen molar-refractivity contribution >= 4 is 18.1 Å². The van der Waals surface area contributed by atoms with E-state index in [1.54, 1.807) is 23.1 Å². The molecule has 7 heteroatoms. The highest BCUT2D eigenvalue weighted by Gasteiger charge is 2.39. The number of halogens is 1. The Bertz CT molecular complexity index is 1270. The van der Waals surface area contributed by atoms with Crippen LogP contribution in [0.3, 0.4) is 0 Å². The maximum absolute atomic E-state index is 14.7. The van der Waals surface area contributed by atoms with Gasteiger partial charge in [-0.05, 0) is 62.5 Å². The van der Waals surface area contributed by atoms with Crippen LogP contribution < -0.4 is 16.0 Å². The number of allylic oxidation sites excluding steroid dienone is 2. The zero-order valence-corrected chi connectivity index (χ0v) is 18.2. The summed E-state index contributed by atoms with van der Waals surface area (Å²) in [4.78, 5) is 29.5. The second kappa shape index (κ2) is 8.47. The van der Waals surface area contributed by atoms with Crippen LogP contribution in [0.4, 0.5) is 4.39 Å². The number of amides is 1. The van der Waals surface area contributed by atoms with Crippen LogP contribution in [-0.2, 0) is 6.42 Å². The number of piperidine rings is 1. The van der Waals surface area contributed by atoms with Gasteiger partial charge in [-0.15, -0.1) is 0 Å². The predicted octanol–water partition coefficient (Wildman–Crippen LogP) is 1.19. The average molecular weight is 435 g/mol. The maximum atomic E-state index is 14.7. The van der Waals surface area contributed by atoms with Crippen LogP contribution in [0.15, 0.2) is 35.1 Å². The number of benzene rings is 1. The van der Waals surface area contributed by atoms with E-state index in [2.05, 4.69) is 22.1 Å². The molecule has 1 aromatic heterocycles. The molecule has 32 heavy (non-hydrogen) atoms. The minimum atomic E-state index is -0.501. The largest absolute Gasteiger partial charge is 0.337 e. The molecule has 0 saturated carbocycles. The molecular weight excluding hydrogens is 407 g/mol. The monoisotopic (exact) mass is 434 g/mol. The van der Waals surface area contributed by atoms with Crippen molar-refractivity contribution in [2.45, 2.75) is 31.7 Å². The second-order valence-corrected chi connectivity index (χ2v) is 9.01. The number of carbonyl (C=O) groups excluding carboxylic acids is 1. The Morgan fingerprint density at radius 2 is 2.16 bits per heavy atom. The zero-order valence-electron chi connectivity index (χ0n) is 18.2. The normalized spacial score (nSPS) is 22.5. The SMILES string of the molecule is CN1CCCC2CN(C(=O)c3cc(Cc4n[nH]c(=O)c5c4=CCC=CC=5)ccc3F)CC21. The highest BCUT2D eigenvalue weighted by Crippen LogP contribution is 2.30. The summed E-state index contributed by atoms with van der Waals surface area (Å²) < 4.78 is 14.7. The third kappa shape index (κ3) is 3.81. The van der Waals surface area contributed by atoms with Gasteiger partial charge < -0.3 is 9.80 Å². The van der Waals surface area contributed by atoms with Gasteiger partial charge in [0.15, 0.2) is 0 Å². The van der Waals surface area contributed by atoms with Crippen LogP contribution in [0.2, 0.25) is 0 Å². The average Bonchev–Trinajstić information content (AvgIpc) is 3.07. The quantitative estimate of drug-likeness (QED) is 0.788. The lowest BCUT2D eigenvalue weighted by Gasteiger charge is -2.33. The lowest BCUT2D eigenvalue weighted by Crippen LogP contribution is -2.44. The van der Waals surface area contributed by atoms with Gasteiger partial charge in [-0.3, -0.25) is 9.59 Å². The number of likely N-dealkylation sites (N-methyl/N-ethyl adjacent to an activating group) is 1. The number of rotatable bonds is 3. The van der Waals surface area contributed by atoms with Crippen LogP contribution in [0.1, 0.15) is 40.9 Å². The minimum Gasteiger partial charge on any atom is -0.337 e. The molecule has 3 heterocycles. The van der Waals surface area contributed by atoms with Crippen molar-refractivity contribution in [1.29, 1.82) is 0 Å². The first-order valence-electron chi connectivity index (χ1n) is 11.2. The number of H-pyrrole nitrogens is 1. The molecule has 1 aliphatic carbocycles. The molecule has 2 atom stereocenters. The number of aromatic nitrogens is 2. The summed E-state index contributed by atoms with van der Waals surface area (Å²) >= 11 is 0. The van der Waals surface area contributed by atoms with Crippen LogP contribution in [-0.4, -0.2) is 58.6 Å². The van der Waals surface area contributed by atoms with Crippen molar-refractivity contribution in [2.75, 3.05) is 26.7 Å². The van der Waals surface area contributed by atoms with Gasteiger partial charge in [-0.1, -0.05) is 24.3 Å². The Morgan fingerprint density at radius 3 is 3.00 bits per heavy atom. The zero-order chi connectivity index (χ0) is 22.2. The second-order valence-electron chi connectivity index (χ2n) is 9.01. The third-order valence-electron chi connectivity index (χ3n) is 6.97. The first kappa shape index (κ1) is 20.8. The number of hydrogen-bond donors (Lipinski definition) is 1. The van der Waals surface area contributed by atoms with Crippen LogP contribution in [0.5, 0.6) is 0 Å². The van der Waals surface area contributed by atoms with E-state index >= 15 is 0 Å². The number of likely N-dealkylation sites (tertiary alicyclic amines) is 2. The fourth-order valence-electron chi connectivity index (χ4n) is 5.25. The van der Waals surface area contributed by atoms with Crippen molar-refractivity contribution in [3.05, 3.63) is 73.8 Å². The third-order valence-corrected chi connectivity index (χ3v) is 6.97. The number of carbonyl (C=O) groups is 1. The minimum absolute atomic E-state index is 0.108. The highest BCUT2D eigenvalue weighted by molar-refractivity contribution is 5.95. The van der Waals surface area contributed by atoms with E-state index in [-0.39, 0.29) is 17.0 Å². The molecule has 2 aromatic rings. The summed E-state index contributed by atoms with van der Waals surface area (Å²) in [5, 5.41) is 8.18. The van der Waals surface area contributed by atoms with E-state index in [0.717, 1.165) is 30.2 Å². The van der Waals surface area contributed by atoms with Gasteiger partial charge in [0.05, 0.1) is 11.3 Å². The van der Waals surface area contributed by atoms with Gasteiger partial charge in [0.1, 0.15) is 5.82 Å². The standard InChI is InChI=1S/C25H27FN4O2/c1-29-11-5-6-17-14-30(15-23(17)29)25(32)20-12-16(9-10-21(20)26)13-22-18-7-3-2-4-8-19(18)24(31)28-27-22/h2,4,7-10,12,17,23H,3,5-6,11,13-15H2,1H3,(H,28,31). The van der Waals surface area contributed by atoms with Gasteiger partial charge in [-0.25, -0.2) is 9.49 Å². The molecule has 1 amide bonds. The molecule has 6 nitrogen and oxygen atoms in total. The van der Waals surface area contributed by atoms with Crippen LogP contribution in [0.25, 0.3) is 12.2 Å². The topological polar surface area (TPSA) is 69.3 Å². The first-order chi connectivity index (χ1) is 15.5. The van der Waals surface area contributed by atoms with Crippen molar-refractivity contribution in [3.8, 4) is 0 Å². The number of nitrogens with zero attached hydrogens (tertiary/aromatic N) is 3. The van der Waals surface area contributed by atoms with Gasteiger partial charge in [0.2, 0.25) is 0 Å². The Balaban J connectivity index is 1.43. The van der Waals surface area contributed by atoms with E-state index in [1.165, 1.54) is 6.07 Å². The lowest BCUT2D eigenvalue weighted by atomic mass is 9.93. The summed E-state index contributed by atoms with van der Waals surface area (Å²) in [5.41, 5.74) is 1.37. The lowest BCUT2D eigenvalue weighted by molar-refractivity contribution is 0.0776. The summed E-state index contributed by atoms with van der Waals surface area (Å²) in [6.45, 7) is 2.38. The Morgan fingerprint density at radius 1 is 1.28 bits per heavy atom. The molecule has 3 aliphatic rings. The maximum Gasteiger partial charge on any atom is 0.272 e. The van der Waals surface area contributed by atoms with Gasteiger partial charge >= 0.3 is 0 Å². The van der Waals surface area contributed by atoms with Crippen molar-refractivity contribution in [1.82, 2.24) is 20.0 Å². The van der Waals surface area contributed by atoms with Crippen LogP contribution >= 0.6 is 0 Å². The molecule has 1 aromatic carbocycles. The first-order valence-corrected chi connectivity index (χ1v) is 11.2. The smallest absolute Gasteiger partial charge is 0.272 e. The molecule has 5 rings (SSSR count). The predicted molar refractivity (Wildman–Crippen MR) is 121 cm³/mol. The molecular formula is C25H27FN4O2. The molecule has 2 aliphatic heterocycles. The number of aromatic amines is 1. The van der Waals surface area contributed by atoms with E-state index < -0.39 is 5.82 Å². The molecule has 1 N–H and O–H groups in total. The van der Waals surface area contributed by atoms with Crippen molar-refractivity contribution < 1.29 is 9.18 Å². The molecule has 2 unspecified atom stereocenters. The van der Waals surface area contributed by atoms with E-state index in [1.807, 2.05) is 18.2 Å². The van der Waals surface area contributed by atoms with Gasteiger partial charge in [0.25, 0.3) is 11.5 Å². The summed E-state index contributed by atoms with van der Waals surface area (Å²) in [7, 11) is 2.11. The van der Waals surface area contributed by atoms with Crippen LogP contribution in [0, 0.1) is 11.7 Å². The molecule has 0 radical (unpaired) electrons. The fourth-order valence-corrected chi connectivity index (χ4v) is 5.25. The Kier molecular flexibility index (Phi) is 5.51. The van der Waals surface area contributed by atoms with E-state index in [4.69, 9.17) is 0 Å².